The van der Waals surface area contributed by atoms with Gasteiger partial charge in [0.25, 0.3) is 5.91 Å². The zero-order valence-electron chi connectivity index (χ0n) is 12.9. The van der Waals surface area contributed by atoms with E-state index in [1.807, 2.05) is 0 Å². The molecule has 1 atom stereocenters. The first-order valence-electron chi connectivity index (χ1n) is 7.13. The third kappa shape index (κ3) is 3.98. The maximum absolute atomic E-state index is 12.5. The average Bonchev–Trinajstić information content (AvgIpc) is 3.02. The number of carbonyl (C=O) groups is 2. The summed E-state index contributed by atoms with van der Waals surface area (Å²) in [6.07, 6.45) is -4.89. The molecule has 6 nitrogen and oxygen atoms in total. The second-order valence-corrected chi connectivity index (χ2v) is 5.37. The molecule has 4 N–H and O–H groups in total. The molecule has 0 aliphatic carbocycles. The highest BCUT2D eigenvalue weighted by Gasteiger charge is 2.44. The number of amides is 2. The van der Waals surface area contributed by atoms with Crippen molar-refractivity contribution >= 4 is 17.5 Å². The minimum absolute atomic E-state index is 0.0480. The molecule has 1 aliphatic rings. The van der Waals surface area contributed by atoms with Crippen LogP contribution in [0.2, 0.25) is 0 Å². The molecule has 2 amide bonds. The molecular weight excluding hydrogens is 325 g/mol. The summed E-state index contributed by atoms with van der Waals surface area (Å²) in [5, 5.41) is 5.38. The van der Waals surface area contributed by atoms with Gasteiger partial charge in [0.05, 0.1) is 6.04 Å². The smallest absolute Gasteiger partial charge is 0.393 e. The number of anilines is 1. The van der Waals surface area contributed by atoms with Crippen LogP contribution >= 0.6 is 0 Å². The van der Waals surface area contributed by atoms with Gasteiger partial charge in [-0.05, 0) is 12.1 Å². The van der Waals surface area contributed by atoms with Gasteiger partial charge >= 0.3 is 12.1 Å². The number of rotatable bonds is 3. The summed E-state index contributed by atoms with van der Waals surface area (Å²) in [6.45, 7) is 0.0902. The van der Waals surface area contributed by atoms with Gasteiger partial charge in [0.15, 0.2) is 0 Å². The average molecular weight is 342 g/mol. The SMILES string of the molecule is CN(C(=O)C(F)(F)F)C1CN/C(=C(/N)C(=O)Nc2ccccc2)C1. The summed E-state index contributed by atoms with van der Waals surface area (Å²) in [5.41, 5.74) is 6.52. The van der Waals surface area contributed by atoms with Gasteiger partial charge in [-0.1, -0.05) is 18.2 Å². The summed E-state index contributed by atoms with van der Waals surface area (Å²) in [4.78, 5) is 23.9. The first-order chi connectivity index (χ1) is 11.2. The van der Waals surface area contributed by atoms with E-state index in [2.05, 4.69) is 10.6 Å². The molecule has 2 rings (SSSR count). The Balaban J connectivity index is 2.04. The van der Waals surface area contributed by atoms with E-state index < -0.39 is 24.0 Å². The van der Waals surface area contributed by atoms with Gasteiger partial charge in [-0.3, -0.25) is 9.59 Å². The minimum atomic E-state index is -4.93. The number of hydrogen-bond donors (Lipinski definition) is 3. The highest BCUT2D eigenvalue weighted by molar-refractivity contribution is 6.03. The normalized spacial score (nSPS) is 19.4. The lowest BCUT2D eigenvalue weighted by Crippen LogP contribution is -2.45. The number of halogens is 3. The number of likely N-dealkylation sites (N-methyl/N-ethyl adjacent to an activating group) is 1. The van der Waals surface area contributed by atoms with Gasteiger partial charge in [0.1, 0.15) is 5.70 Å². The van der Waals surface area contributed by atoms with Crippen molar-refractivity contribution in [1.29, 1.82) is 0 Å². The van der Waals surface area contributed by atoms with Gasteiger partial charge < -0.3 is 21.3 Å². The van der Waals surface area contributed by atoms with Crippen LogP contribution in [0.3, 0.4) is 0 Å². The maximum atomic E-state index is 12.5. The van der Waals surface area contributed by atoms with Crippen molar-refractivity contribution < 1.29 is 22.8 Å². The van der Waals surface area contributed by atoms with E-state index in [4.69, 9.17) is 5.73 Å². The number of nitrogens with one attached hydrogen (secondary N) is 2. The Morgan fingerprint density at radius 1 is 1.29 bits per heavy atom. The van der Waals surface area contributed by atoms with Crippen molar-refractivity contribution in [2.24, 2.45) is 5.73 Å². The second kappa shape index (κ2) is 6.81. The second-order valence-electron chi connectivity index (χ2n) is 5.37. The monoisotopic (exact) mass is 342 g/mol. The highest BCUT2D eigenvalue weighted by Crippen LogP contribution is 2.23. The van der Waals surface area contributed by atoms with Crippen LogP contribution in [-0.4, -0.2) is 42.5 Å². The Morgan fingerprint density at radius 3 is 2.50 bits per heavy atom. The van der Waals surface area contributed by atoms with Crippen LogP contribution in [0, 0.1) is 0 Å². The largest absolute Gasteiger partial charge is 0.471 e. The first kappa shape index (κ1) is 17.6. The molecule has 1 heterocycles. The molecule has 0 radical (unpaired) electrons. The van der Waals surface area contributed by atoms with Crippen LogP contribution in [-0.2, 0) is 9.59 Å². The van der Waals surface area contributed by atoms with E-state index in [0.717, 1.165) is 7.05 Å². The van der Waals surface area contributed by atoms with Crippen LogP contribution in [0.25, 0.3) is 0 Å². The lowest BCUT2D eigenvalue weighted by Gasteiger charge is -2.24. The van der Waals surface area contributed by atoms with E-state index in [1.54, 1.807) is 30.3 Å². The number of benzene rings is 1. The lowest BCUT2D eigenvalue weighted by atomic mass is 10.1. The van der Waals surface area contributed by atoms with E-state index in [-0.39, 0.29) is 18.7 Å². The van der Waals surface area contributed by atoms with Gasteiger partial charge in [-0.25, -0.2) is 0 Å². The van der Waals surface area contributed by atoms with Crippen molar-refractivity contribution in [1.82, 2.24) is 10.2 Å². The van der Waals surface area contributed by atoms with Crippen LogP contribution in [0.1, 0.15) is 6.42 Å². The Hall–Kier alpha value is -2.71. The lowest BCUT2D eigenvalue weighted by molar-refractivity contribution is -0.185. The summed E-state index contributed by atoms with van der Waals surface area (Å²) in [7, 11) is 1.07. The summed E-state index contributed by atoms with van der Waals surface area (Å²) in [5.74, 6) is -2.49. The third-order valence-electron chi connectivity index (χ3n) is 3.70. The number of nitrogens with two attached hydrogens (primary N) is 1. The molecular formula is C15H17F3N4O2. The van der Waals surface area contributed by atoms with Gasteiger partial charge in [0.2, 0.25) is 0 Å². The topological polar surface area (TPSA) is 87.5 Å². The zero-order valence-corrected chi connectivity index (χ0v) is 12.9. The number of nitrogens with zero attached hydrogens (tertiary/aromatic N) is 1. The predicted octanol–water partition coefficient (Wildman–Crippen LogP) is 1.18. The fourth-order valence-electron chi connectivity index (χ4n) is 2.32. The summed E-state index contributed by atoms with van der Waals surface area (Å²) in [6, 6.07) is 7.89. The molecule has 9 heteroatoms. The van der Waals surface area contributed by atoms with E-state index in [1.165, 1.54) is 0 Å². The number of carbonyl (C=O) groups excluding carboxylic acids is 2. The molecule has 24 heavy (non-hydrogen) atoms. The number of alkyl halides is 3. The molecule has 0 spiro atoms. The minimum Gasteiger partial charge on any atom is -0.393 e. The fraction of sp³-hybridized carbons (Fsp3) is 0.333. The molecule has 1 aliphatic heterocycles. The maximum Gasteiger partial charge on any atom is 0.471 e. The van der Waals surface area contributed by atoms with Crippen molar-refractivity contribution in [3.05, 3.63) is 41.7 Å². The third-order valence-corrected chi connectivity index (χ3v) is 3.70. The van der Waals surface area contributed by atoms with Crippen molar-refractivity contribution in [3.8, 4) is 0 Å². The molecule has 0 bridgehead atoms. The molecule has 1 unspecified atom stereocenters. The molecule has 1 aromatic carbocycles. The highest BCUT2D eigenvalue weighted by atomic mass is 19.4. The predicted molar refractivity (Wildman–Crippen MR) is 81.5 cm³/mol. The Labute approximate surface area is 136 Å². The standard InChI is InChI=1S/C15H17F3N4O2/c1-22(14(24)15(16,17)18)10-7-11(20-8-10)12(19)13(23)21-9-5-3-2-4-6-9/h2-6,10,20H,7-8,19H2,1H3,(H,21,23)/b12-11+. The van der Waals surface area contributed by atoms with Crippen LogP contribution < -0.4 is 16.4 Å². The fourth-order valence-corrected chi connectivity index (χ4v) is 2.32. The molecule has 0 aromatic heterocycles. The van der Waals surface area contributed by atoms with E-state index in [0.29, 0.717) is 16.3 Å². The Bertz CT molecular complexity index is 658. The van der Waals surface area contributed by atoms with Crippen LogP contribution in [0.4, 0.5) is 18.9 Å². The number of para-hydroxylation sites is 1. The van der Waals surface area contributed by atoms with E-state index >= 15 is 0 Å². The summed E-state index contributed by atoms with van der Waals surface area (Å²) < 4.78 is 37.4. The first-order valence-corrected chi connectivity index (χ1v) is 7.13. The van der Waals surface area contributed by atoms with Crippen LogP contribution in [0.15, 0.2) is 41.7 Å². The van der Waals surface area contributed by atoms with Crippen molar-refractivity contribution in [2.75, 3.05) is 18.9 Å². The molecule has 1 fully saturated rings. The molecule has 130 valence electrons. The molecule has 0 saturated carbocycles. The van der Waals surface area contributed by atoms with Crippen molar-refractivity contribution in [3.63, 3.8) is 0 Å². The Morgan fingerprint density at radius 2 is 1.92 bits per heavy atom. The quantitative estimate of drug-likeness (QED) is 0.720. The Kier molecular flexibility index (Phi) is 5.01. The van der Waals surface area contributed by atoms with Crippen molar-refractivity contribution in [2.45, 2.75) is 18.6 Å². The summed E-state index contributed by atoms with van der Waals surface area (Å²) >= 11 is 0. The van der Waals surface area contributed by atoms with Gasteiger partial charge in [0, 0.05) is 31.4 Å². The van der Waals surface area contributed by atoms with Gasteiger partial charge in [-0.2, -0.15) is 13.2 Å². The molecule has 1 aromatic rings. The van der Waals surface area contributed by atoms with E-state index in [9.17, 15) is 22.8 Å². The molecule has 1 saturated heterocycles. The number of hydrogen-bond acceptors (Lipinski definition) is 4. The zero-order chi connectivity index (χ0) is 17.9. The van der Waals surface area contributed by atoms with Gasteiger partial charge in [-0.15, -0.1) is 0 Å². The van der Waals surface area contributed by atoms with Crippen LogP contribution in [0.5, 0.6) is 0 Å².